The number of amides is 1. The summed E-state index contributed by atoms with van der Waals surface area (Å²) in [5, 5.41) is 2.59. The third-order valence-corrected chi connectivity index (χ3v) is 2.68. The molecule has 1 rings (SSSR count). The summed E-state index contributed by atoms with van der Waals surface area (Å²) in [7, 11) is 1.28. The smallest absolute Gasteiger partial charge is 0.337 e. The van der Waals surface area contributed by atoms with Crippen LogP contribution in [0.25, 0.3) is 0 Å². The fraction of sp³-hybridized carbons (Fsp3) is 0.312. The lowest BCUT2D eigenvalue weighted by Gasteiger charge is -2.10. The second-order valence-electron chi connectivity index (χ2n) is 4.90. The topological polar surface area (TPSA) is 81.7 Å². The van der Waals surface area contributed by atoms with E-state index in [9.17, 15) is 14.4 Å². The largest absolute Gasteiger partial charge is 0.465 e. The molecule has 22 heavy (non-hydrogen) atoms. The molecular formula is C16H19NO5. The second-order valence-corrected chi connectivity index (χ2v) is 4.90. The van der Waals surface area contributed by atoms with Crippen molar-refractivity contribution in [1.29, 1.82) is 0 Å². The van der Waals surface area contributed by atoms with Gasteiger partial charge in [-0.15, -0.1) is 0 Å². The van der Waals surface area contributed by atoms with Crippen molar-refractivity contribution in [2.75, 3.05) is 19.0 Å². The Balaban J connectivity index is 2.70. The number of carbonyl (C=O) groups is 3. The lowest BCUT2D eigenvalue weighted by Crippen LogP contribution is -2.21. The van der Waals surface area contributed by atoms with E-state index in [4.69, 9.17) is 4.74 Å². The van der Waals surface area contributed by atoms with Crippen LogP contribution in [0.15, 0.2) is 29.8 Å². The first kappa shape index (κ1) is 17.4. The Kier molecular flexibility index (Phi) is 6.31. The number of esters is 2. The Morgan fingerprint density at radius 3 is 2.50 bits per heavy atom. The summed E-state index contributed by atoms with van der Waals surface area (Å²) in [5.41, 5.74) is 2.35. The Morgan fingerprint density at radius 1 is 1.23 bits per heavy atom. The molecule has 6 heteroatoms. The Hall–Kier alpha value is -2.63. The molecule has 0 spiro atoms. The van der Waals surface area contributed by atoms with Crippen LogP contribution in [0.2, 0.25) is 0 Å². The van der Waals surface area contributed by atoms with Gasteiger partial charge in [0.1, 0.15) is 0 Å². The molecule has 0 aliphatic carbocycles. The van der Waals surface area contributed by atoms with Crippen LogP contribution in [-0.4, -0.2) is 31.6 Å². The molecule has 0 aliphatic rings. The van der Waals surface area contributed by atoms with E-state index in [1.807, 2.05) is 0 Å². The van der Waals surface area contributed by atoms with E-state index in [0.29, 0.717) is 11.3 Å². The molecule has 0 saturated carbocycles. The first-order valence-corrected chi connectivity index (χ1v) is 6.64. The van der Waals surface area contributed by atoms with Gasteiger partial charge < -0.3 is 14.8 Å². The molecule has 0 bridgehead atoms. The molecule has 0 radical (unpaired) electrons. The highest BCUT2D eigenvalue weighted by Crippen LogP contribution is 2.17. The first-order chi connectivity index (χ1) is 10.3. The number of anilines is 1. The summed E-state index contributed by atoms with van der Waals surface area (Å²) in [6, 6.07) is 4.81. The molecule has 1 amide bonds. The minimum absolute atomic E-state index is 0.324. The lowest BCUT2D eigenvalue weighted by molar-refractivity contribution is -0.142. The Bertz CT molecular complexity index is 615. The quantitative estimate of drug-likeness (QED) is 0.666. The standard InChI is InChI=1S/C16H19NO5/c1-10(2)7-15(19)22-9-14(18)17-13-8-12(16(20)21-4)6-5-11(13)3/h5-8H,9H2,1-4H3,(H,17,18). The van der Waals surface area contributed by atoms with E-state index in [-0.39, 0.29) is 0 Å². The summed E-state index contributed by atoms with van der Waals surface area (Å²) in [5.74, 6) is -1.55. The van der Waals surface area contributed by atoms with Gasteiger partial charge in [0, 0.05) is 11.8 Å². The fourth-order valence-corrected chi connectivity index (χ4v) is 1.60. The summed E-state index contributed by atoms with van der Waals surface area (Å²) in [6.45, 7) is 4.89. The van der Waals surface area contributed by atoms with E-state index in [1.165, 1.54) is 19.3 Å². The molecule has 1 aromatic rings. The summed E-state index contributed by atoms with van der Waals surface area (Å²) in [4.78, 5) is 34.6. The van der Waals surface area contributed by atoms with E-state index in [2.05, 4.69) is 10.1 Å². The molecule has 0 atom stereocenters. The predicted octanol–water partition coefficient (Wildman–Crippen LogP) is 2.23. The zero-order valence-corrected chi connectivity index (χ0v) is 13.1. The van der Waals surface area contributed by atoms with Crippen molar-refractivity contribution in [1.82, 2.24) is 0 Å². The number of rotatable bonds is 5. The van der Waals surface area contributed by atoms with Gasteiger partial charge >= 0.3 is 11.9 Å². The van der Waals surface area contributed by atoms with Gasteiger partial charge in [-0.1, -0.05) is 11.6 Å². The third-order valence-electron chi connectivity index (χ3n) is 2.68. The highest BCUT2D eigenvalue weighted by molar-refractivity contribution is 5.96. The minimum atomic E-state index is -0.574. The molecule has 0 unspecified atom stereocenters. The monoisotopic (exact) mass is 305 g/mol. The maximum Gasteiger partial charge on any atom is 0.337 e. The van der Waals surface area contributed by atoms with Gasteiger partial charge in [0.15, 0.2) is 6.61 Å². The van der Waals surface area contributed by atoms with Crippen LogP contribution in [0.3, 0.4) is 0 Å². The van der Waals surface area contributed by atoms with Crippen molar-refractivity contribution in [3.63, 3.8) is 0 Å². The lowest BCUT2D eigenvalue weighted by atomic mass is 10.1. The summed E-state index contributed by atoms with van der Waals surface area (Å²) in [6.07, 6.45) is 1.30. The molecule has 0 fully saturated rings. The van der Waals surface area contributed by atoms with Crippen molar-refractivity contribution in [3.05, 3.63) is 41.0 Å². The van der Waals surface area contributed by atoms with Crippen molar-refractivity contribution in [3.8, 4) is 0 Å². The van der Waals surface area contributed by atoms with Crippen LogP contribution in [-0.2, 0) is 19.1 Å². The third kappa shape index (κ3) is 5.40. The maximum atomic E-state index is 11.8. The molecule has 0 heterocycles. The van der Waals surface area contributed by atoms with Gasteiger partial charge in [0.25, 0.3) is 5.91 Å². The predicted molar refractivity (Wildman–Crippen MR) is 81.5 cm³/mol. The Morgan fingerprint density at radius 2 is 1.91 bits per heavy atom. The van der Waals surface area contributed by atoms with Crippen LogP contribution >= 0.6 is 0 Å². The van der Waals surface area contributed by atoms with Crippen LogP contribution in [0.1, 0.15) is 29.8 Å². The van der Waals surface area contributed by atoms with E-state index >= 15 is 0 Å². The number of aryl methyl sites for hydroxylation is 1. The molecule has 0 aromatic heterocycles. The second kappa shape index (κ2) is 7.97. The normalized spacial score (nSPS) is 9.64. The van der Waals surface area contributed by atoms with E-state index < -0.39 is 24.5 Å². The van der Waals surface area contributed by atoms with Crippen molar-refractivity contribution < 1.29 is 23.9 Å². The van der Waals surface area contributed by atoms with Crippen molar-refractivity contribution >= 4 is 23.5 Å². The zero-order valence-electron chi connectivity index (χ0n) is 13.1. The van der Waals surface area contributed by atoms with Crippen molar-refractivity contribution in [2.45, 2.75) is 20.8 Å². The van der Waals surface area contributed by atoms with Gasteiger partial charge in [0.05, 0.1) is 12.7 Å². The molecular weight excluding hydrogens is 286 g/mol. The highest BCUT2D eigenvalue weighted by Gasteiger charge is 2.11. The average Bonchev–Trinajstić information content (AvgIpc) is 2.46. The Labute approximate surface area is 129 Å². The SMILES string of the molecule is COC(=O)c1ccc(C)c(NC(=O)COC(=O)C=C(C)C)c1. The molecule has 1 aromatic carbocycles. The van der Waals surface area contributed by atoms with Gasteiger partial charge in [-0.3, -0.25) is 4.79 Å². The van der Waals surface area contributed by atoms with Crippen molar-refractivity contribution in [2.24, 2.45) is 0 Å². The zero-order chi connectivity index (χ0) is 16.7. The molecule has 1 N–H and O–H groups in total. The molecule has 0 aliphatic heterocycles. The van der Waals surface area contributed by atoms with Gasteiger partial charge in [-0.05, 0) is 38.5 Å². The number of benzene rings is 1. The first-order valence-electron chi connectivity index (χ1n) is 6.64. The number of carbonyl (C=O) groups excluding carboxylic acids is 3. The number of nitrogens with one attached hydrogen (secondary N) is 1. The van der Waals surface area contributed by atoms with Crippen LogP contribution in [0.5, 0.6) is 0 Å². The van der Waals surface area contributed by atoms with Gasteiger partial charge in [0.2, 0.25) is 0 Å². The number of allylic oxidation sites excluding steroid dienone is 1. The maximum absolute atomic E-state index is 11.8. The minimum Gasteiger partial charge on any atom is -0.465 e. The number of hydrogen-bond donors (Lipinski definition) is 1. The number of methoxy groups -OCH3 is 1. The molecule has 0 saturated heterocycles. The average molecular weight is 305 g/mol. The van der Waals surface area contributed by atoms with E-state index in [0.717, 1.165) is 11.1 Å². The van der Waals surface area contributed by atoms with Crippen LogP contribution in [0, 0.1) is 6.92 Å². The van der Waals surface area contributed by atoms with Gasteiger partial charge in [-0.2, -0.15) is 0 Å². The van der Waals surface area contributed by atoms with Crippen LogP contribution in [0.4, 0.5) is 5.69 Å². The van der Waals surface area contributed by atoms with E-state index in [1.54, 1.807) is 32.9 Å². The fourth-order valence-electron chi connectivity index (χ4n) is 1.60. The highest BCUT2D eigenvalue weighted by atomic mass is 16.5. The summed E-state index contributed by atoms with van der Waals surface area (Å²) >= 11 is 0. The number of hydrogen-bond acceptors (Lipinski definition) is 5. The van der Waals surface area contributed by atoms with Gasteiger partial charge in [-0.25, -0.2) is 9.59 Å². The van der Waals surface area contributed by atoms with Crippen LogP contribution < -0.4 is 5.32 Å². The summed E-state index contributed by atoms with van der Waals surface area (Å²) < 4.78 is 9.43. The molecule has 118 valence electrons. The molecule has 6 nitrogen and oxygen atoms in total. The number of ether oxygens (including phenoxy) is 2.